The monoisotopic (exact) mass is 332 g/mol. The molecule has 0 atom stereocenters. The molecular weight excluding hydrogens is 306 g/mol. The Kier molecular flexibility index (Phi) is 5.62. The molecule has 1 aromatic carbocycles. The fraction of sp³-hybridized carbons (Fsp3) is 0.444. The summed E-state index contributed by atoms with van der Waals surface area (Å²) in [7, 11) is 0. The number of pyridine rings is 1. The number of nitrogens with one attached hydrogen (secondary N) is 2. The predicted molar refractivity (Wildman–Crippen MR) is 95.3 cm³/mol. The first-order chi connectivity index (χ1) is 11.5. The molecule has 1 heterocycles. The molecule has 130 valence electrons. The number of hydrogen-bond donors (Lipinski definition) is 3. The van der Waals surface area contributed by atoms with Crippen LogP contribution in [0.1, 0.15) is 31.1 Å². The maximum atomic E-state index is 12.4. The number of carbonyl (C=O) groups is 1. The normalized spacial score (nSPS) is 11.6. The van der Waals surface area contributed by atoms with Crippen LogP contribution in [0.5, 0.6) is 5.75 Å². The van der Waals surface area contributed by atoms with Crippen LogP contribution in [0.4, 0.5) is 0 Å². The second-order valence-corrected chi connectivity index (χ2v) is 5.99. The molecule has 24 heavy (non-hydrogen) atoms. The van der Waals surface area contributed by atoms with Crippen LogP contribution in [-0.4, -0.2) is 53.2 Å². The molecule has 0 aliphatic heterocycles. The molecule has 1 aromatic heterocycles. The fourth-order valence-corrected chi connectivity index (χ4v) is 3.08. The van der Waals surface area contributed by atoms with Gasteiger partial charge in [0.05, 0.1) is 38.2 Å². The van der Waals surface area contributed by atoms with Gasteiger partial charge in [-0.3, -0.25) is 9.59 Å². The van der Waals surface area contributed by atoms with Gasteiger partial charge in [-0.05, 0) is 32.9 Å². The molecule has 6 heteroatoms. The molecule has 3 N–H and O–H groups in total. The lowest BCUT2D eigenvalue weighted by Crippen LogP contribution is -2.51. The minimum Gasteiger partial charge on any atom is -0.506 e. The number of carbonyl (C=O) groups excluding carboxylic acids is 1. The average molecular weight is 332 g/mol. The Labute approximate surface area is 141 Å². The fourth-order valence-electron chi connectivity index (χ4n) is 3.08. The number of para-hydroxylation sites is 1. The number of nitrogens with zero attached hydrogens (tertiary/aromatic N) is 1. The van der Waals surface area contributed by atoms with E-state index in [9.17, 15) is 14.7 Å². The highest BCUT2D eigenvalue weighted by Gasteiger charge is 2.22. The summed E-state index contributed by atoms with van der Waals surface area (Å²) in [6.07, 6.45) is 0. The second-order valence-electron chi connectivity index (χ2n) is 5.99. The van der Waals surface area contributed by atoms with Crippen molar-refractivity contribution in [1.29, 1.82) is 0 Å². The van der Waals surface area contributed by atoms with E-state index in [-0.39, 0.29) is 11.3 Å². The van der Waals surface area contributed by atoms with E-state index in [4.69, 9.17) is 0 Å². The van der Waals surface area contributed by atoms with Gasteiger partial charge in [0.15, 0.2) is 0 Å². The van der Waals surface area contributed by atoms with Crippen LogP contribution < -0.4 is 10.9 Å². The highest BCUT2D eigenvalue weighted by molar-refractivity contribution is 6.01. The first-order valence-corrected chi connectivity index (χ1v) is 8.45. The summed E-state index contributed by atoms with van der Waals surface area (Å²) in [5, 5.41) is 13.5. The number of aromatic hydroxyl groups is 1. The number of benzene rings is 1. The van der Waals surface area contributed by atoms with Gasteiger partial charge in [0, 0.05) is 5.39 Å². The quantitative estimate of drug-likeness (QED) is 0.677. The Hall–Kier alpha value is -2.34. The molecular formula is C18H26N3O3+. The highest BCUT2D eigenvalue weighted by atomic mass is 16.3. The molecule has 0 aliphatic rings. The largest absolute Gasteiger partial charge is 0.506 e. The Bertz CT molecular complexity index is 770. The zero-order valence-electron chi connectivity index (χ0n) is 14.6. The molecule has 0 radical (unpaired) electrons. The van der Waals surface area contributed by atoms with Crippen molar-refractivity contribution in [2.45, 2.75) is 20.8 Å². The van der Waals surface area contributed by atoms with Crippen molar-refractivity contribution in [3.8, 4) is 5.75 Å². The number of aromatic amines is 1. The lowest BCUT2D eigenvalue weighted by molar-refractivity contribution is -0.922. The minimum atomic E-state index is -0.578. The molecule has 0 saturated carbocycles. The van der Waals surface area contributed by atoms with Gasteiger partial charge in [0.1, 0.15) is 11.3 Å². The van der Waals surface area contributed by atoms with Crippen LogP contribution in [0, 0.1) is 0 Å². The van der Waals surface area contributed by atoms with Gasteiger partial charge >= 0.3 is 0 Å². The molecule has 2 aromatic rings. The maximum Gasteiger partial charge on any atom is 0.265 e. The minimum absolute atomic E-state index is 0.226. The smallest absolute Gasteiger partial charge is 0.265 e. The standard InChI is InChI=1S/C18H25N3O3/c1-4-21(5-2,6-3)12-11-19-17(23)15-16(22)13-9-7-8-10-14(13)20-18(15)24/h7-10H,4-6,11-12H2,1-3H3,(H2-,19,20,22,23,24)/p+1. The summed E-state index contributed by atoms with van der Waals surface area (Å²) < 4.78 is 0.903. The molecule has 0 aliphatic carbocycles. The van der Waals surface area contributed by atoms with Crippen LogP contribution in [0.15, 0.2) is 29.1 Å². The maximum absolute atomic E-state index is 12.4. The molecule has 0 bridgehead atoms. The summed E-state index contributed by atoms with van der Waals surface area (Å²) >= 11 is 0. The van der Waals surface area contributed by atoms with Crippen LogP contribution in [0.3, 0.4) is 0 Å². The van der Waals surface area contributed by atoms with Crippen LogP contribution in [0.2, 0.25) is 0 Å². The van der Waals surface area contributed by atoms with Crippen molar-refractivity contribution in [2.24, 2.45) is 0 Å². The Balaban J connectivity index is 2.19. The zero-order chi connectivity index (χ0) is 17.7. The van der Waals surface area contributed by atoms with E-state index in [0.29, 0.717) is 17.4 Å². The summed E-state index contributed by atoms with van der Waals surface area (Å²) in [5.74, 6) is -0.810. The van der Waals surface area contributed by atoms with E-state index < -0.39 is 11.5 Å². The number of H-pyrrole nitrogens is 1. The number of aromatic nitrogens is 1. The van der Waals surface area contributed by atoms with Crippen molar-refractivity contribution in [3.05, 3.63) is 40.2 Å². The SMILES string of the molecule is CC[N+](CC)(CC)CCNC(=O)c1c(O)c2ccccc2[nH]c1=O. The van der Waals surface area contributed by atoms with Crippen LogP contribution in [0.25, 0.3) is 10.9 Å². The summed E-state index contributed by atoms with van der Waals surface area (Å²) in [6, 6.07) is 6.87. The highest BCUT2D eigenvalue weighted by Crippen LogP contribution is 2.24. The number of likely N-dealkylation sites (N-methyl/N-ethyl adjacent to an activating group) is 1. The van der Waals surface area contributed by atoms with Crippen molar-refractivity contribution < 1.29 is 14.4 Å². The van der Waals surface area contributed by atoms with Crippen molar-refractivity contribution in [2.75, 3.05) is 32.7 Å². The summed E-state index contributed by atoms with van der Waals surface area (Å²) in [4.78, 5) is 27.2. The predicted octanol–water partition coefficient (Wildman–Crippen LogP) is 1.84. The number of quaternary nitrogens is 1. The van der Waals surface area contributed by atoms with E-state index in [1.807, 2.05) is 0 Å². The Morgan fingerprint density at radius 2 is 1.79 bits per heavy atom. The Morgan fingerprint density at radius 3 is 2.42 bits per heavy atom. The number of fused-ring (bicyclic) bond motifs is 1. The zero-order valence-corrected chi connectivity index (χ0v) is 14.6. The third-order valence-electron chi connectivity index (χ3n) is 5.01. The molecule has 0 fully saturated rings. The molecule has 2 rings (SSSR count). The Morgan fingerprint density at radius 1 is 1.17 bits per heavy atom. The van der Waals surface area contributed by atoms with Gasteiger partial charge in [0.2, 0.25) is 0 Å². The van der Waals surface area contributed by atoms with Crippen LogP contribution in [-0.2, 0) is 0 Å². The lowest BCUT2D eigenvalue weighted by atomic mass is 10.1. The van der Waals surface area contributed by atoms with Gasteiger partial charge in [0.25, 0.3) is 11.5 Å². The van der Waals surface area contributed by atoms with E-state index >= 15 is 0 Å². The molecule has 6 nitrogen and oxygen atoms in total. The summed E-state index contributed by atoms with van der Waals surface area (Å²) in [6.45, 7) is 10.6. The van der Waals surface area contributed by atoms with E-state index in [1.165, 1.54) is 0 Å². The first kappa shape index (κ1) is 18.0. The molecule has 0 unspecified atom stereocenters. The van der Waals surface area contributed by atoms with E-state index in [1.54, 1.807) is 24.3 Å². The second kappa shape index (κ2) is 7.49. The van der Waals surface area contributed by atoms with Crippen LogP contribution >= 0.6 is 0 Å². The third-order valence-corrected chi connectivity index (χ3v) is 5.01. The van der Waals surface area contributed by atoms with Gasteiger partial charge in [-0.15, -0.1) is 0 Å². The molecule has 1 amide bonds. The summed E-state index contributed by atoms with van der Waals surface area (Å²) in [5.41, 5.74) is -0.294. The average Bonchev–Trinajstić information content (AvgIpc) is 2.59. The van der Waals surface area contributed by atoms with Gasteiger partial charge < -0.3 is 19.9 Å². The van der Waals surface area contributed by atoms with E-state index in [0.717, 1.165) is 30.7 Å². The number of rotatable bonds is 7. The van der Waals surface area contributed by atoms with Gasteiger partial charge in [-0.25, -0.2) is 0 Å². The third kappa shape index (κ3) is 3.43. The van der Waals surface area contributed by atoms with Crippen molar-refractivity contribution in [3.63, 3.8) is 0 Å². The van der Waals surface area contributed by atoms with Crippen molar-refractivity contribution in [1.82, 2.24) is 10.3 Å². The topological polar surface area (TPSA) is 82.2 Å². The van der Waals surface area contributed by atoms with Gasteiger partial charge in [-0.1, -0.05) is 12.1 Å². The van der Waals surface area contributed by atoms with Crippen molar-refractivity contribution >= 4 is 16.8 Å². The number of amides is 1. The first-order valence-electron chi connectivity index (χ1n) is 8.45. The molecule has 0 spiro atoms. The van der Waals surface area contributed by atoms with E-state index in [2.05, 4.69) is 31.1 Å². The lowest BCUT2D eigenvalue weighted by Gasteiger charge is -2.35. The number of hydrogen-bond acceptors (Lipinski definition) is 3. The van der Waals surface area contributed by atoms with Gasteiger partial charge in [-0.2, -0.15) is 0 Å². The molecule has 0 saturated heterocycles.